The van der Waals surface area contributed by atoms with Gasteiger partial charge in [0.2, 0.25) is 0 Å². The molecule has 0 atom stereocenters. The largest absolute Gasteiger partial charge is 0.395 e. The van der Waals surface area contributed by atoms with Crippen molar-refractivity contribution in [2.75, 3.05) is 6.61 Å². The molecule has 0 unspecified atom stereocenters. The zero-order valence-corrected chi connectivity index (χ0v) is 14.3. The number of nitro groups is 1. The number of azo groups is 1. The number of benzene rings is 3. The summed E-state index contributed by atoms with van der Waals surface area (Å²) in [4.78, 5) is 10.3. The molecular formula is C20H16N4O3. The predicted molar refractivity (Wildman–Crippen MR) is 104 cm³/mol. The van der Waals surface area contributed by atoms with Gasteiger partial charge in [-0.05, 0) is 36.4 Å². The van der Waals surface area contributed by atoms with Gasteiger partial charge in [-0.15, -0.1) is 0 Å². The van der Waals surface area contributed by atoms with E-state index in [1.807, 2.05) is 42.5 Å². The number of para-hydroxylation sites is 1. The first-order valence-corrected chi connectivity index (χ1v) is 8.45. The van der Waals surface area contributed by atoms with Gasteiger partial charge in [-0.2, -0.15) is 10.2 Å². The lowest BCUT2D eigenvalue weighted by Crippen LogP contribution is -2.00. The molecule has 7 nitrogen and oxygen atoms in total. The smallest absolute Gasteiger partial charge is 0.269 e. The highest BCUT2D eigenvalue weighted by atomic mass is 16.6. The van der Waals surface area contributed by atoms with Crippen LogP contribution >= 0.6 is 0 Å². The van der Waals surface area contributed by atoms with Crippen molar-refractivity contribution in [1.29, 1.82) is 0 Å². The van der Waals surface area contributed by atoms with Crippen molar-refractivity contribution in [2.45, 2.75) is 6.54 Å². The van der Waals surface area contributed by atoms with Gasteiger partial charge in [0.25, 0.3) is 5.69 Å². The van der Waals surface area contributed by atoms with Crippen LogP contribution in [0, 0.1) is 10.1 Å². The van der Waals surface area contributed by atoms with E-state index in [1.54, 1.807) is 12.1 Å². The molecule has 0 saturated heterocycles. The van der Waals surface area contributed by atoms with Crippen molar-refractivity contribution in [1.82, 2.24) is 4.57 Å². The molecule has 1 aromatic heterocycles. The van der Waals surface area contributed by atoms with E-state index in [-0.39, 0.29) is 12.3 Å². The number of fused-ring (bicyclic) bond motifs is 3. The first-order valence-electron chi connectivity index (χ1n) is 8.45. The third-order valence-electron chi connectivity index (χ3n) is 4.42. The summed E-state index contributed by atoms with van der Waals surface area (Å²) in [7, 11) is 0. The van der Waals surface area contributed by atoms with Crippen LogP contribution in [0.3, 0.4) is 0 Å². The number of rotatable bonds is 5. The third-order valence-corrected chi connectivity index (χ3v) is 4.42. The summed E-state index contributed by atoms with van der Waals surface area (Å²) in [5.74, 6) is 0. The Labute approximate surface area is 154 Å². The molecule has 0 fully saturated rings. The van der Waals surface area contributed by atoms with E-state index >= 15 is 0 Å². The Kier molecular flexibility index (Phi) is 4.35. The Bertz CT molecular complexity index is 1160. The van der Waals surface area contributed by atoms with E-state index in [1.165, 1.54) is 12.1 Å². The molecule has 7 heteroatoms. The molecule has 134 valence electrons. The maximum atomic E-state index is 10.7. The average Bonchev–Trinajstić information content (AvgIpc) is 3.00. The summed E-state index contributed by atoms with van der Waals surface area (Å²) in [6, 6.07) is 19.8. The summed E-state index contributed by atoms with van der Waals surface area (Å²) in [5, 5.41) is 30.6. The SMILES string of the molecule is O=[N+]([O-])c1ccc(/N=N/c2ccc3c(c2)c2ccccc2n3CCO)cc1. The first kappa shape index (κ1) is 16.9. The van der Waals surface area contributed by atoms with Crippen molar-refractivity contribution in [2.24, 2.45) is 10.2 Å². The van der Waals surface area contributed by atoms with Crippen molar-refractivity contribution in [3.8, 4) is 0 Å². The number of aromatic nitrogens is 1. The summed E-state index contributed by atoms with van der Waals surface area (Å²) in [5.41, 5.74) is 3.34. The number of nitro benzene ring substituents is 1. The van der Waals surface area contributed by atoms with Crippen LogP contribution < -0.4 is 0 Å². The molecule has 4 aromatic rings. The summed E-state index contributed by atoms with van der Waals surface area (Å²) < 4.78 is 2.09. The molecule has 0 aliphatic carbocycles. The highest BCUT2D eigenvalue weighted by molar-refractivity contribution is 6.08. The lowest BCUT2D eigenvalue weighted by molar-refractivity contribution is -0.384. The van der Waals surface area contributed by atoms with Gasteiger partial charge in [0.15, 0.2) is 0 Å². The fourth-order valence-corrected chi connectivity index (χ4v) is 3.20. The molecule has 1 heterocycles. The van der Waals surface area contributed by atoms with Crippen LogP contribution in [0.2, 0.25) is 0 Å². The van der Waals surface area contributed by atoms with E-state index in [0.717, 1.165) is 21.8 Å². The van der Waals surface area contributed by atoms with Crippen LogP contribution in [-0.4, -0.2) is 21.2 Å². The van der Waals surface area contributed by atoms with Crippen LogP contribution in [-0.2, 0) is 6.54 Å². The molecular weight excluding hydrogens is 344 g/mol. The minimum absolute atomic E-state index is 0.0204. The molecule has 0 spiro atoms. The van der Waals surface area contributed by atoms with Gasteiger partial charge in [0, 0.05) is 40.5 Å². The lowest BCUT2D eigenvalue weighted by atomic mass is 10.1. The van der Waals surface area contributed by atoms with E-state index in [2.05, 4.69) is 14.8 Å². The Morgan fingerprint density at radius 3 is 2.30 bits per heavy atom. The number of hydrogen-bond donors (Lipinski definition) is 1. The van der Waals surface area contributed by atoms with Gasteiger partial charge in [0.05, 0.1) is 22.9 Å². The van der Waals surface area contributed by atoms with Gasteiger partial charge in [-0.25, -0.2) is 0 Å². The molecule has 4 rings (SSSR count). The minimum atomic E-state index is -0.447. The molecule has 1 N–H and O–H groups in total. The standard InChI is InChI=1S/C20H16N4O3/c25-12-11-23-19-4-2-1-3-17(19)18-13-15(7-10-20(18)23)22-21-14-5-8-16(9-6-14)24(26)27/h1-10,13,25H,11-12H2/b22-21+. The van der Waals surface area contributed by atoms with Gasteiger partial charge in [-0.3, -0.25) is 10.1 Å². The zero-order chi connectivity index (χ0) is 18.8. The number of nitrogens with zero attached hydrogens (tertiary/aromatic N) is 4. The van der Waals surface area contributed by atoms with E-state index in [0.29, 0.717) is 17.9 Å². The van der Waals surface area contributed by atoms with Gasteiger partial charge in [-0.1, -0.05) is 18.2 Å². The first-order chi connectivity index (χ1) is 13.2. The zero-order valence-electron chi connectivity index (χ0n) is 14.3. The molecule has 0 bridgehead atoms. The lowest BCUT2D eigenvalue weighted by Gasteiger charge is -2.04. The summed E-state index contributed by atoms with van der Waals surface area (Å²) in [6.45, 7) is 0.586. The van der Waals surface area contributed by atoms with Gasteiger partial charge in [0.1, 0.15) is 0 Å². The van der Waals surface area contributed by atoms with Gasteiger partial charge < -0.3 is 9.67 Å². The Morgan fingerprint density at radius 1 is 0.889 bits per heavy atom. The maximum absolute atomic E-state index is 10.7. The Morgan fingerprint density at radius 2 is 1.56 bits per heavy atom. The fraction of sp³-hybridized carbons (Fsp3) is 0.100. The average molecular weight is 360 g/mol. The number of aliphatic hydroxyl groups excluding tert-OH is 1. The molecule has 0 aliphatic rings. The predicted octanol–water partition coefficient (Wildman–Crippen LogP) is 5.11. The summed E-state index contributed by atoms with van der Waals surface area (Å²) in [6.07, 6.45) is 0. The van der Waals surface area contributed by atoms with Crippen molar-refractivity contribution >= 4 is 38.9 Å². The normalized spacial score (nSPS) is 11.6. The third kappa shape index (κ3) is 3.16. The van der Waals surface area contributed by atoms with Crippen LogP contribution in [0.5, 0.6) is 0 Å². The van der Waals surface area contributed by atoms with Crippen molar-refractivity contribution < 1.29 is 10.0 Å². The highest BCUT2D eigenvalue weighted by Gasteiger charge is 2.10. The van der Waals surface area contributed by atoms with E-state index in [9.17, 15) is 15.2 Å². The van der Waals surface area contributed by atoms with Crippen LogP contribution in [0.1, 0.15) is 0 Å². The molecule has 0 aliphatic heterocycles. The van der Waals surface area contributed by atoms with Crippen LogP contribution in [0.4, 0.5) is 17.1 Å². The quantitative estimate of drug-likeness (QED) is 0.304. The second-order valence-corrected chi connectivity index (χ2v) is 6.07. The Hall–Kier alpha value is -3.58. The summed E-state index contributed by atoms with van der Waals surface area (Å²) >= 11 is 0. The second kappa shape index (κ2) is 6.97. The van der Waals surface area contributed by atoms with E-state index in [4.69, 9.17) is 0 Å². The topological polar surface area (TPSA) is 93.0 Å². The van der Waals surface area contributed by atoms with Crippen LogP contribution in [0.15, 0.2) is 77.0 Å². The number of non-ortho nitro benzene ring substituents is 1. The molecule has 0 amide bonds. The number of aliphatic hydroxyl groups is 1. The minimum Gasteiger partial charge on any atom is -0.395 e. The molecule has 3 aromatic carbocycles. The highest BCUT2D eigenvalue weighted by Crippen LogP contribution is 2.32. The Balaban J connectivity index is 1.73. The van der Waals surface area contributed by atoms with Crippen LogP contribution in [0.25, 0.3) is 21.8 Å². The van der Waals surface area contributed by atoms with E-state index < -0.39 is 4.92 Å². The number of hydrogen-bond acceptors (Lipinski definition) is 5. The second-order valence-electron chi connectivity index (χ2n) is 6.07. The van der Waals surface area contributed by atoms with Crippen molar-refractivity contribution in [3.63, 3.8) is 0 Å². The molecule has 0 saturated carbocycles. The van der Waals surface area contributed by atoms with Crippen molar-refractivity contribution in [3.05, 3.63) is 76.8 Å². The monoisotopic (exact) mass is 360 g/mol. The maximum Gasteiger partial charge on any atom is 0.269 e. The fourth-order valence-electron chi connectivity index (χ4n) is 3.20. The molecule has 0 radical (unpaired) electrons. The van der Waals surface area contributed by atoms with Gasteiger partial charge >= 0.3 is 0 Å². The molecule has 27 heavy (non-hydrogen) atoms.